The molecule has 1 N–H and O–H groups in total. The molecule has 0 atom stereocenters. The lowest BCUT2D eigenvalue weighted by molar-refractivity contribution is 1.13. The lowest BCUT2D eigenvalue weighted by Gasteiger charge is -2.11. The van der Waals surface area contributed by atoms with E-state index < -0.39 is 0 Å². The van der Waals surface area contributed by atoms with Crippen molar-refractivity contribution in [3.63, 3.8) is 0 Å². The molecule has 0 aliphatic heterocycles. The highest BCUT2D eigenvalue weighted by molar-refractivity contribution is 5.78. The van der Waals surface area contributed by atoms with Gasteiger partial charge in [0.1, 0.15) is 5.82 Å². The number of aromatic nitrogens is 2. The van der Waals surface area contributed by atoms with E-state index in [9.17, 15) is 0 Å². The quantitative estimate of drug-likeness (QED) is 0.779. The summed E-state index contributed by atoms with van der Waals surface area (Å²) in [4.78, 5) is 9.90. The molecule has 1 aromatic heterocycles. The SMILES string of the molecule is CN(C)c1ccc(/C=C/c2nc3ccccc3[nH]2)cc1. The fourth-order valence-corrected chi connectivity index (χ4v) is 2.11. The van der Waals surface area contributed by atoms with Crippen LogP contribution in [0.5, 0.6) is 0 Å². The van der Waals surface area contributed by atoms with Crippen molar-refractivity contribution in [1.82, 2.24) is 9.97 Å². The number of imidazole rings is 1. The molecule has 0 fully saturated rings. The van der Waals surface area contributed by atoms with E-state index in [-0.39, 0.29) is 0 Å². The van der Waals surface area contributed by atoms with E-state index in [1.165, 1.54) is 5.69 Å². The van der Waals surface area contributed by atoms with Crippen LogP contribution in [0.25, 0.3) is 23.2 Å². The van der Waals surface area contributed by atoms with E-state index in [4.69, 9.17) is 0 Å². The normalized spacial score (nSPS) is 11.3. The number of nitrogens with zero attached hydrogens (tertiary/aromatic N) is 2. The van der Waals surface area contributed by atoms with E-state index in [0.717, 1.165) is 22.4 Å². The van der Waals surface area contributed by atoms with Gasteiger partial charge in [-0.1, -0.05) is 30.3 Å². The number of anilines is 1. The second kappa shape index (κ2) is 5.21. The molecule has 0 radical (unpaired) electrons. The molecule has 0 unspecified atom stereocenters. The molecule has 3 heteroatoms. The van der Waals surface area contributed by atoms with Crippen LogP contribution in [-0.2, 0) is 0 Å². The molecule has 0 bridgehead atoms. The third kappa shape index (κ3) is 2.57. The summed E-state index contributed by atoms with van der Waals surface area (Å²) in [6, 6.07) is 16.5. The van der Waals surface area contributed by atoms with Gasteiger partial charge in [-0.2, -0.15) is 0 Å². The van der Waals surface area contributed by atoms with Gasteiger partial charge >= 0.3 is 0 Å². The molecular weight excluding hydrogens is 246 g/mol. The van der Waals surface area contributed by atoms with E-state index in [0.29, 0.717) is 0 Å². The summed E-state index contributed by atoms with van der Waals surface area (Å²) >= 11 is 0. The summed E-state index contributed by atoms with van der Waals surface area (Å²) in [5.41, 5.74) is 4.42. The molecule has 0 aliphatic rings. The Kier molecular flexibility index (Phi) is 3.25. The number of rotatable bonds is 3. The Labute approximate surface area is 118 Å². The van der Waals surface area contributed by atoms with Crippen molar-refractivity contribution in [3.8, 4) is 0 Å². The molecule has 0 saturated carbocycles. The topological polar surface area (TPSA) is 31.9 Å². The lowest BCUT2D eigenvalue weighted by Crippen LogP contribution is -2.07. The highest BCUT2D eigenvalue weighted by Gasteiger charge is 1.98. The number of hydrogen-bond donors (Lipinski definition) is 1. The Hall–Kier alpha value is -2.55. The number of aromatic amines is 1. The van der Waals surface area contributed by atoms with Crippen LogP contribution in [0.3, 0.4) is 0 Å². The Morgan fingerprint density at radius 3 is 2.40 bits per heavy atom. The molecule has 1 heterocycles. The number of para-hydroxylation sites is 2. The van der Waals surface area contributed by atoms with Crippen LogP contribution in [0.4, 0.5) is 5.69 Å². The molecule has 0 amide bonds. The van der Waals surface area contributed by atoms with Crippen molar-refractivity contribution in [2.24, 2.45) is 0 Å². The van der Waals surface area contributed by atoms with Crippen LogP contribution in [0, 0.1) is 0 Å². The number of nitrogens with one attached hydrogen (secondary N) is 1. The Morgan fingerprint density at radius 2 is 1.70 bits per heavy atom. The maximum absolute atomic E-state index is 4.52. The minimum absolute atomic E-state index is 0.878. The first-order valence-electron chi connectivity index (χ1n) is 6.62. The highest BCUT2D eigenvalue weighted by atomic mass is 15.1. The Bertz CT molecular complexity index is 703. The van der Waals surface area contributed by atoms with Crippen LogP contribution in [-0.4, -0.2) is 24.1 Å². The first-order chi connectivity index (χ1) is 9.72. The Balaban J connectivity index is 1.82. The molecule has 0 aliphatic carbocycles. The summed E-state index contributed by atoms with van der Waals surface area (Å²) in [5.74, 6) is 0.878. The van der Waals surface area contributed by atoms with Gasteiger partial charge < -0.3 is 9.88 Å². The van der Waals surface area contributed by atoms with Gasteiger partial charge in [0.2, 0.25) is 0 Å². The monoisotopic (exact) mass is 263 g/mol. The predicted octanol–water partition coefficient (Wildman–Crippen LogP) is 3.80. The second-order valence-electron chi connectivity index (χ2n) is 4.96. The Morgan fingerprint density at radius 1 is 0.950 bits per heavy atom. The van der Waals surface area contributed by atoms with Crippen LogP contribution < -0.4 is 4.90 Å². The molecule has 3 rings (SSSR count). The fourth-order valence-electron chi connectivity index (χ4n) is 2.11. The summed E-state index contributed by atoms with van der Waals surface area (Å²) in [7, 11) is 4.08. The van der Waals surface area contributed by atoms with Crippen molar-refractivity contribution >= 4 is 28.9 Å². The van der Waals surface area contributed by atoms with Crippen LogP contribution in [0.1, 0.15) is 11.4 Å². The number of H-pyrrole nitrogens is 1. The van der Waals surface area contributed by atoms with Crippen molar-refractivity contribution < 1.29 is 0 Å². The molecule has 3 aromatic rings. The maximum Gasteiger partial charge on any atom is 0.131 e. The van der Waals surface area contributed by atoms with Crippen molar-refractivity contribution in [3.05, 3.63) is 59.9 Å². The van der Waals surface area contributed by atoms with Crippen molar-refractivity contribution in [1.29, 1.82) is 0 Å². The summed E-state index contributed by atoms with van der Waals surface area (Å²) in [5, 5.41) is 0. The zero-order valence-corrected chi connectivity index (χ0v) is 11.7. The van der Waals surface area contributed by atoms with Crippen LogP contribution in [0.2, 0.25) is 0 Å². The zero-order valence-electron chi connectivity index (χ0n) is 11.7. The van der Waals surface area contributed by atoms with E-state index >= 15 is 0 Å². The second-order valence-corrected chi connectivity index (χ2v) is 4.96. The van der Waals surface area contributed by atoms with Gasteiger partial charge in [-0.15, -0.1) is 0 Å². The smallest absolute Gasteiger partial charge is 0.131 e. The van der Waals surface area contributed by atoms with E-state index in [1.807, 2.05) is 44.4 Å². The van der Waals surface area contributed by atoms with Crippen LogP contribution in [0.15, 0.2) is 48.5 Å². The number of fused-ring (bicyclic) bond motifs is 1. The standard InChI is InChI=1S/C17H17N3/c1-20(2)14-10-7-13(8-11-14)9-12-17-18-15-5-3-4-6-16(15)19-17/h3-12H,1-2H3,(H,18,19)/b12-9+. The van der Waals surface area contributed by atoms with E-state index in [1.54, 1.807) is 0 Å². The van der Waals surface area contributed by atoms with Gasteiger partial charge in [0.15, 0.2) is 0 Å². The minimum Gasteiger partial charge on any atom is -0.378 e. The van der Waals surface area contributed by atoms with Gasteiger partial charge in [0.05, 0.1) is 11.0 Å². The fraction of sp³-hybridized carbons (Fsp3) is 0.118. The molecule has 2 aromatic carbocycles. The summed E-state index contributed by atoms with van der Waals surface area (Å²) < 4.78 is 0. The van der Waals surface area contributed by atoms with Crippen molar-refractivity contribution in [2.45, 2.75) is 0 Å². The lowest BCUT2D eigenvalue weighted by atomic mass is 10.2. The third-order valence-corrected chi connectivity index (χ3v) is 3.25. The third-order valence-electron chi connectivity index (χ3n) is 3.25. The largest absolute Gasteiger partial charge is 0.378 e. The first kappa shape index (κ1) is 12.5. The summed E-state index contributed by atoms with van der Waals surface area (Å²) in [6.45, 7) is 0. The minimum atomic E-state index is 0.878. The van der Waals surface area contributed by atoms with Gasteiger partial charge in [0, 0.05) is 19.8 Å². The van der Waals surface area contributed by atoms with E-state index in [2.05, 4.69) is 45.2 Å². The van der Waals surface area contributed by atoms with Crippen molar-refractivity contribution in [2.75, 3.05) is 19.0 Å². The number of benzene rings is 2. The maximum atomic E-state index is 4.52. The molecule has 20 heavy (non-hydrogen) atoms. The molecular formula is C17H17N3. The van der Waals surface area contributed by atoms with Gasteiger partial charge in [0.25, 0.3) is 0 Å². The highest BCUT2D eigenvalue weighted by Crippen LogP contribution is 2.15. The van der Waals surface area contributed by atoms with Gasteiger partial charge in [-0.25, -0.2) is 4.98 Å². The summed E-state index contributed by atoms with van der Waals surface area (Å²) in [6.07, 6.45) is 4.07. The predicted molar refractivity (Wildman–Crippen MR) is 85.8 cm³/mol. The van der Waals surface area contributed by atoms with Gasteiger partial charge in [-0.3, -0.25) is 0 Å². The number of hydrogen-bond acceptors (Lipinski definition) is 2. The molecule has 100 valence electrons. The average Bonchev–Trinajstić information content (AvgIpc) is 2.88. The molecule has 3 nitrogen and oxygen atoms in total. The zero-order chi connectivity index (χ0) is 13.9. The molecule has 0 spiro atoms. The average molecular weight is 263 g/mol. The molecule has 0 saturated heterocycles. The first-order valence-corrected chi connectivity index (χ1v) is 6.62. The van der Waals surface area contributed by atoms with Gasteiger partial charge in [-0.05, 0) is 35.9 Å². The van der Waals surface area contributed by atoms with Crippen LogP contribution >= 0.6 is 0 Å².